The second kappa shape index (κ2) is 5.33. The Labute approximate surface area is 109 Å². The predicted molar refractivity (Wildman–Crippen MR) is 68.5 cm³/mol. The molecule has 1 saturated heterocycles. The first-order chi connectivity index (χ1) is 8.49. The van der Waals surface area contributed by atoms with Gasteiger partial charge in [0.25, 0.3) is 0 Å². The van der Waals surface area contributed by atoms with Crippen LogP contribution in [0.2, 0.25) is 0 Å². The lowest BCUT2D eigenvalue weighted by Crippen LogP contribution is -2.33. The average molecular weight is 290 g/mol. The third kappa shape index (κ3) is 3.06. The van der Waals surface area contributed by atoms with Crippen molar-refractivity contribution in [3.8, 4) is 0 Å². The average Bonchev–Trinajstić information content (AvgIpc) is 2.78. The molecule has 1 N–H and O–H groups in total. The number of nitrogens with one attached hydrogen (secondary N) is 1. The second-order valence-electron chi connectivity index (χ2n) is 4.05. The molecule has 0 aliphatic carbocycles. The maximum absolute atomic E-state index is 12.0. The Kier molecular flexibility index (Phi) is 3.98. The topological polar surface area (TPSA) is 85.4 Å². The molecule has 1 fully saturated rings. The Bertz CT molecular complexity index is 532. The van der Waals surface area contributed by atoms with Crippen molar-refractivity contribution in [1.82, 2.24) is 4.98 Å². The number of anilines is 1. The summed E-state index contributed by atoms with van der Waals surface area (Å²) in [5.74, 6) is -0.178. The van der Waals surface area contributed by atoms with Crippen LogP contribution in [0.25, 0.3) is 0 Å². The third-order valence-electron chi connectivity index (χ3n) is 2.70. The molecule has 1 aromatic rings. The van der Waals surface area contributed by atoms with Gasteiger partial charge in [0.2, 0.25) is 10.0 Å². The van der Waals surface area contributed by atoms with Crippen LogP contribution in [0.15, 0.2) is 5.38 Å². The molecule has 0 radical (unpaired) electrons. The van der Waals surface area contributed by atoms with Gasteiger partial charge in [0.1, 0.15) is 5.69 Å². The molecule has 0 saturated carbocycles. The van der Waals surface area contributed by atoms with E-state index in [4.69, 9.17) is 4.74 Å². The van der Waals surface area contributed by atoms with Crippen LogP contribution in [0.4, 0.5) is 5.13 Å². The first kappa shape index (κ1) is 13.4. The van der Waals surface area contributed by atoms with Crippen LogP contribution in [-0.4, -0.2) is 37.6 Å². The fourth-order valence-corrected chi connectivity index (χ4v) is 4.08. The number of ether oxygens (including phenoxy) is 1. The van der Waals surface area contributed by atoms with E-state index in [1.54, 1.807) is 5.38 Å². The SMILES string of the molecule is CC(=O)c1csc(NS(=O)(=O)C2CCOCC2)n1. The fraction of sp³-hybridized carbons (Fsp3) is 0.600. The van der Waals surface area contributed by atoms with Crippen molar-refractivity contribution < 1.29 is 17.9 Å². The summed E-state index contributed by atoms with van der Waals surface area (Å²) in [6, 6.07) is 0. The van der Waals surface area contributed by atoms with Gasteiger partial charge in [-0.2, -0.15) is 0 Å². The maximum atomic E-state index is 12.0. The van der Waals surface area contributed by atoms with E-state index < -0.39 is 15.3 Å². The molecule has 1 aliphatic heterocycles. The zero-order valence-electron chi connectivity index (χ0n) is 9.88. The Morgan fingerprint density at radius 2 is 2.17 bits per heavy atom. The number of carbonyl (C=O) groups is 1. The molecule has 0 amide bonds. The second-order valence-corrected chi connectivity index (χ2v) is 6.87. The van der Waals surface area contributed by atoms with Crippen molar-refractivity contribution in [3.63, 3.8) is 0 Å². The molecular weight excluding hydrogens is 276 g/mol. The van der Waals surface area contributed by atoms with Crippen LogP contribution in [-0.2, 0) is 14.8 Å². The van der Waals surface area contributed by atoms with Gasteiger partial charge in [0.15, 0.2) is 10.9 Å². The Hall–Kier alpha value is -0.990. The van der Waals surface area contributed by atoms with Gasteiger partial charge in [0.05, 0.1) is 5.25 Å². The first-order valence-electron chi connectivity index (χ1n) is 5.55. The lowest BCUT2D eigenvalue weighted by atomic mass is 10.2. The van der Waals surface area contributed by atoms with Gasteiger partial charge in [0, 0.05) is 25.5 Å². The van der Waals surface area contributed by atoms with Crippen molar-refractivity contribution in [2.75, 3.05) is 17.9 Å². The number of thiazole rings is 1. The molecule has 6 nitrogen and oxygen atoms in total. The normalized spacial score (nSPS) is 17.6. The van der Waals surface area contributed by atoms with Crippen LogP contribution in [0.3, 0.4) is 0 Å². The van der Waals surface area contributed by atoms with E-state index in [-0.39, 0.29) is 16.6 Å². The number of Topliss-reactive ketones (excluding diaryl/α,β-unsaturated/α-hetero) is 1. The number of carbonyl (C=O) groups excluding carboxylic acids is 1. The number of nitrogens with zero attached hydrogens (tertiary/aromatic N) is 1. The molecule has 1 aliphatic rings. The summed E-state index contributed by atoms with van der Waals surface area (Å²) in [6.07, 6.45) is 0.973. The van der Waals surface area contributed by atoms with Crippen molar-refractivity contribution in [2.45, 2.75) is 25.0 Å². The van der Waals surface area contributed by atoms with Crippen molar-refractivity contribution in [1.29, 1.82) is 0 Å². The predicted octanol–water partition coefficient (Wildman–Crippen LogP) is 1.27. The van der Waals surface area contributed by atoms with Crippen molar-refractivity contribution in [3.05, 3.63) is 11.1 Å². The highest BCUT2D eigenvalue weighted by Crippen LogP contribution is 2.22. The minimum Gasteiger partial charge on any atom is -0.381 e. The Balaban J connectivity index is 2.08. The van der Waals surface area contributed by atoms with Gasteiger partial charge in [-0.05, 0) is 12.8 Å². The first-order valence-corrected chi connectivity index (χ1v) is 7.97. The number of rotatable bonds is 4. The lowest BCUT2D eigenvalue weighted by Gasteiger charge is -2.21. The molecule has 0 aromatic carbocycles. The zero-order valence-corrected chi connectivity index (χ0v) is 11.5. The van der Waals surface area contributed by atoms with Gasteiger partial charge < -0.3 is 4.74 Å². The van der Waals surface area contributed by atoms with Gasteiger partial charge in [-0.3, -0.25) is 9.52 Å². The largest absolute Gasteiger partial charge is 0.381 e. The van der Waals surface area contributed by atoms with Crippen LogP contribution < -0.4 is 4.72 Å². The summed E-state index contributed by atoms with van der Waals surface area (Å²) in [5.41, 5.74) is 0.282. The van der Waals surface area contributed by atoms with E-state index in [0.717, 1.165) is 11.3 Å². The number of hydrogen-bond acceptors (Lipinski definition) is 6. The minimum absolute atomic E-state index is 0.178. The number of aromatic nitrogens is 1. The summed E-state index contributed by atoms with van der Waals surface area (Å²) in [6.45, 7) is 2.32. The van der Waals surface area contributed by atoms with Crippen LogP contribution in [0, 0.1) is 0 Å². The minimum atomic E-state index is -3.44. The highest BCUT2D eigenvalue weighted by atomic mass is 32.2. The Morgan fingerprint density at radius 1 is 1.50 bits per heavy atom. The Morgan fingerprint density at radius 3 is 2.72 bits per heavy atom. The standard InChI is InChI=1S/C10H14N2O4S2/c1-7(13)9-6-17-10(11-9)12-18(14,15)8-2-4-16-5-3-8/h6,8H,2-5H2,1H3,(H,11,12). The van der Waals surface area contributed by atoms with Gasteiger partial charge >= 0.3 is 0 Å². The summed E-state index contributed by atoms with van der Waals surface area (Å²) < 4.78 is 31.7. The van der Waals surface area contributed by atoms with E-state index >= 15 is 0 Å². The van der Waals surface area contributed by atoms with Crippen LogP contribution in [0.5, 0.6) is 0 Å². The van der Waals surface area contributed by atoms with Crippen molar-refractivity contribution in [2.24, 2.45) is 0 Å². The summed E-state index contributed by atoms with van der Waals surface area (Å²) >= 11 is 1.12. The lowest BCUT2D eigenvalue weighted by molar-refractivity contribution is 0.0984. The van der Waals surface area contributed by atoms with E-state index in [0.29, 0.717) is 26.1 Å². The number of sulfonamides is 1. The quantitative estimate of drug-likeness (QED) is 0.844. The molecule has 1 aromatic heterocycles. The number of ketones is 1. The van der Waals surface area contributed by atoms with Gasteiger partial charge in [-0.1, -0.05) is 0 Å². The highest BCUT2D eigenvalue weighted by molar-refractivity contribution is 7.93. The summed E-state index contributed by atoms with van der Waals surface area (Å²) in [5, 5.41) is 1.34. The molecule has 0 atom stereocenters. The van der Waals surface area contributed by atoms with Gasteiger partial charge in [-0.25, -0.2) is 13.4 Å². The molecule has 0 unspecified atom stereocenters. The third-order valence-corrected chi connectivity index (χ3v) is 5.42. The number of hydrogen-bond donors (Lipinski definition) is 1. The maximum Gasteiger partial charge on any atom is 0.237 e. The zero-order chi connectivity index (χ0) is 13.2. The van der Waals surface area contributed by atoms with E-state index in [1.165, 1.54) is 6.92 Å². The van der Waals surface area contributed by atoms with Crippen LogP contribution >= 0.6 is 11.3 Å². The van der Waals surface area contributed by atoms with E-state index in [2.05, 4.69) is 9.71 Å². The molecule has 2 rings (SSSR count). The molecule has 0 bridgehead atoms. The van der Waals surface area contributed by atoms with E-state index in [1.807, 2.05) is 0 Å². The molecular formula is C10H14N2O4S2. The highest BCUT2D eigenvalue weighted by Gasteiger charge is 2.28. The van der Waals surface area contributed by atoms with Crippen molar-refractivity contribution >= 4 is 32.3 Å². The monoisotopic (exact) mass is 290 g/mol. The fourth-order valence-electron chi connectivity index (χ4n) is 1.67. The molecule has 18 heavy (non-hydrogen) atoms. The van der Waals surface area contributed by atoms with Crippen LogP contribution in [0.1, 0.15) is 30.3 Å². The molecule has 8 heteroatoms. The summed E-state index contributed by atoms with van der Waals surface area (Å²) in [7, 11) is -3.44. The molecule has 2 heterocycles. The van der Waals surface area contributed by atoms with Gasteiger partial charge in [-0.15, -0.1) is 11.3 Å². The smallest absolute Gasteiger partial charge is 0.237 e. The molecule has 0 spiro atoms. The molecule has 100 valence electrons. The van der Waals surface area contributed by atoms with E-state index in [9.17, 15) is 13.2 Å². The summed E-state index contributed by atoms with van der Waals surface area (Å²) in [4.78, 5) is 15.0.